The summed E-state index contributed by atoms with van der Waals surface area (Å²) in [6.07, 6.45) is 1.62. The molecule has 0 heterocycles. The Labute approximate surface area is 190 Å². The summed E-state index contributed by atoms with van der Waals surface area (Å²) in [6, 6.07) is 20.7. The molecule has 0 aliphatic carbocycles. The van der Waals surface area contributed by atoms with Crippen molar-refractivity contribution in [1.82, 2.24) is 0 Å². The number of nitriles is 2. The molecule has 0 radical (unpaired) electrons. The van der Waals surface area contributed by atoms with Gasteiger partial charge < -0.3 is 14.6 Å². The van der Waals surface area contributed by atoms with Crippen LogP contribution in [0.4, 0.5) is 0 Å². The molecule has 32 heavy (non-hydrogen) atoms. The summed E-state index contributed by atoms with van der Waals surface area (Å²) in [4.78, 5) is 11.0. The number of hydrogen-bond donors (Lipinski definition) is 1. The standard InChI is InChI=1S/C25H17ClN2O4/c1-31-23-12-16(10-21(14-28)17-6-8-18(9-7-17)25(29)30)11-22(26)24(23)32-15-20-5-3-2-4-19(20)13-27/h2-12H,15H2,1H3,(H,29,30)/b21-10-. The quantitative estimate of drug-likeness (QED) is 0.378. The molecule has 0 spiro atoms. The van der Waals surface area contributed by atoms with Crippen molar-refractivity contribution in [1.29, 1.82) is 10.5 Å². The Kier molecular flexibility index (Phi) is 7.13. The van der Waals surface area contributed by atoms with Crippen LogP contribution in [0.25, 0.3) is 11.6 Å². The van der Waals surface area contributed by atoms with E-state index < -0.39 is 5.97 Å². The second kappa shape index (κ2) is 10.2. The first-order valence-electron chi connectivity index (χ1n) is 9.40. The van der Waals surface area contributed by atoms with Gasteiger partial charge in [-0.1, -0.05) is 41.9 Å². The summed E-state index contributed by atoms with van der Waals surface area (Å²) >= 11 is 6.43. The number of halogens is 1. The number of nitrogens with zero attached hydrogens (tertiary/aromatic N) is 2. The Morgan fingerprint density at radius 2 is 1.78 bits per heavy atom. The van der Waals surface area contributed by atoms with Crippen LogP contribution in [0.5, 0.6) is 11.5 Å². The van der Waals surface area contributed by atoms with Crippen molar-refractivity contribution < 1.29 is 19.4 Å². The normalized spacial score (nSPS) is 10.7. The fourth-order valence-electron chi connectivity index (χ4n) is 3.01. The van der Waals surface area contributed by atoms with Crippen molar-refractivity contribution in [2.75, 3.05) is 7.11 Å². The van der Waals surface area contributed by atoms with Crippen LogP contribution in [0.1, 0.15) is 32.6 Å². The zero-order valence-electron chi connectivity index (χ0n) is 17.0. The molecule has 0 unspecified atom stereocenters. The summed E-state index contributed by atoms with van der Waals surface area (Å²) in [6.45, 7) is 0.133. The Bertz CT molecular complexity index is 1270. The predicted molar refractivity (Wildman–Crippen MR) is 120 cm³/mol. The Hall–Kier alpha value is -4.26. The minimum absolute atomic E-state index is 0.133. The molecule has 6 nitrogen and oxygen atoms in total. The van der Waals surface area contributed by atoms with Crippen molar-refractivity contribution in [2.45, 2.75) is 6.61 Å². The minimum Gasteiger partial charge on any atom is -0.493 e. The lowest BCUT2D eigenvalue weighted by molar-refractivity contribution is 0.0697. The van der Waals surface area contributed by atoms with Crippen LogP contribution in [-0.4, -0.2) is 18.2 Å². The van der Waals surface area contributed by atoms with Gasteiger partial charge in [-0.15, -0.1) is 0 Å². The monoisotopic (exact) mass is 444 g/mol. The number of carbonyl (C=O) groups is 1. The molecule has 0 aliphatic rings. The maximum atomic E-state index is 11.0. The molecule has 0 saturated heterocycles. The van der Waals surface area contributed by atoms with Gasteiger partial charge in [0.1, 0.15) is 6.61 Å². The van der Waals surface area contributed by atoms with Gasteiger partial charge in [0.25, 0.3) is 0 Å². The third-order valence-corrected chi connectivity index (χ3v) is 4.92. The molecule has 0 aromatic heterocycles. The minimum atomic E-state index is -1.04. The van der Waals surface area contributed by atoms with Crippen molar-refractivity contribution in [3.8, 4) is 23.6 Å². The molecule has 0 atom stereocenters. The summed E-state index contributed by atoms with van der Waals surface area (Å²) in [5, 5.41) is 28.1. The molecule has 3 aromatic carbocycles. The van der Waals surface area contributed by atoms with E-state index in [1.54, 1.807) is 48.5 Å². The lowest BCUT2D eigenvalue weighted by Crippen LogP contribution is -2.01. The molecule has 3 aromatic rings. The van der Waals surface area contributed by atoms with Gasteiger partial charge in [-0.05, 0) is 47.5 Å². The van der Waals surface area contributed by atoms with Crippen molar-refractivity contribution in [2.24, 2.45) is 0 Å². The maximum absolute atomic E-state index is 11.0. The predicted octanol–water partition coefficient (Wildman–Crippen LogP) is 5.56. The second-order valence-corrected chi connectivity index (χ2v) is 7.05. The average molecular weight is 445 g/mol. The van der Waals surface area contributed by atoms with E-state index in [9.17, 15) is 15.3 Å². The molecule has 0 saturated carbocycles. The number of carboxylic acid groups (broad SMARTS) is 1. The van der Waals surface area contributed by atoms with Crippen LogP contribution in [0.2, 0.25) is 5.02 Å². The Morgan fingerprint density at radius 1 is 1.09 bits per heavy atom. The first-order valence-corrected chi connectivity index (χ1v) is 9.78. The number of allylic oxidation sites excluding steroid dienone is 1. The van der Waals surface area contributed by atoms with Gasteiger partial charge in [-0.3, -0.25) is 0 Å². The number of carboxylic acids is 1. The first kappa shape index (κ1) is 22.4. The molecule has 1 N–H and O–H groups in total. The third-order valence-electron chi connectivity index (χ3n) is 4.64. The highest BCUT2D eigenvalue weighted by molar-refractivity contribution is 6.32. The molecule has 0 aliphatic heterocycles. The van der Waals surface area contributed by atoms with Gasteiger partial charge in [-0.25, -0.2) is 4.79 Å². The van der Waals surface area contributed by atoms with E-state index in [4.69, 9.17) is 26.2 Å². The van der Waals surface area contributed by atoms with E-state index in [0.717, 1.165) is 0 Å². The molecule has 7 heteroatoms. The summed E-state index contributed by atoms with van der Waals surface area (Å²) in [5.41, 5.74) is 2.87. The van der Waals surface area contributed by atoms with Crippen LogP contribution < -0.4 is 9.47 Å². The lowest BCUT2D eigenvalue weighted by Gasteiger charge is -2.14. The number of hydrogen-bond acceptors (Lipinski definition) is 5. The van der Waals surface area contributed by atoms with Gasteiger partial charge >= 0.3 is 5.97 Å². The molecule has 0 bridgehead atoms. The van der Waals surface area contributed by atoms with E-state index in [0.29, 0.717) is 39.3 Å². The first-order chi connectivity index (χ1) is 15.5. The highest BCUT2D eigenvalue weighted by Crippen LogP contribution is 2.38. The second-order valence-electron chi connectivity index (χ2n) is 6.64. The van der Waals surface area contributed by atoms with Crippen LogP contribution in [0.15, 0.2) is 60.7 Å². The van der Waals surface area contributed by atoms with Crippen molar-refractivity contribution in [3.63, 3.8) is 0 Å². The van der Waals surface area contributed by atoms with Crippen LogP contribution in [0, 0.1) is 22.7 Å². The van der Waals surface area contributed by atoms with Gasteiger partial charge in [0.2, 0.25) is 0 Å². The van der Waals surface area contributed by atoms with E-state index >= 15 is 0 Å². The highest BCUT2D eigenvalue weighted by Gasteiger charge is 2.14. The van der Waals surface area contributed by atoms with Gasteiger partial charge in [0, 0.05) is 5.56 Å². The van der Waals surface area contributed by atoms with Crippen molar-refractivity contribution >= 4 is 29.2 Å². The van der Waals surface area contributed by atoms with E-state index in [-0.39, 0.29) is 17.2 Å². The zero-order valence-corrected chi connectivity index (χ0v) is 17.8. The molecular weight excluding hydrogens is 428 g/mol. The van der Waals surface area contributed by atoms with E-state index in [2.05, 4.69) is 12.1 Å². The van der Waals surface area contributed by atoms with Crippen LogP contribution >= 0.6 is 11.6 Å². The van der Waals surface area contributed by atoms with E-state index in [1.165, 1.54) is 19.2 Å². The fourth-order valence-corrected chi connectivity index (χ4v) is 3.28. The maximum Gasteiger partial charge on any atom is 0.335 e. The largest absolute Gasteiger partial charge is 0.493 e. The number of aromatic carboxylic acids is 1. The number of benzene rings is 3. The Morgan fingerprint density at radius 3 is 2.41 bits per heavy atom. The van der Waals surface area contributed by atoms with Crippen LogP contribution in [-0.2, 0) is 6.61 Å². The summed E-state index contributed by atoms with van der Waals surface area (Å²) < 4.78 is 11.3. The number of rotatable bonds is 7. The lowest BCUT2D eigenvalue weighted by atomic mass is 10.0. The molecule has 0 amide bonds. The summed E-state index contributed by atoms with van der Waals surface area (Å²) in [5.74, 6) is -0.344. The third kappa shape index (κ3) is 5.07. The molecule has 158 valence electrons. The fraction of sp³-hybridized carbons (Fsp3) is 0.0800. The van der Waals surface area contributed by atoms with Gasteiger partial charge in [-0.2, -0.15) is 10.5 Å². The molecule has 0 fully saturated rings. The zero-order chi connectivity index (χ0) is 23.1. The topological polar surface area (TPSA) is 103 Å². The van der Waals surface area contributed by atoms with E-state index in [1.807, 2.05) is 6.07 Å². The smallest absolute Gasteiger partial charge is 0.335 e. The van der Waals surface area contributed by atoms with Gasteiger partial charge in [0.05, 0.1) is 41.0 Å². The SMILES string of the molecule is COc1cc(/C=C(/C#N)c2ccc(C(=O)O)cc2)cc(Cl)c1OCc1ccccc1C#N. The summed E-state index contributed by atoms with van der Waals surface area (Å²) in [7, 11) is 1.48. The van der Waals surface area contributed by atoms with Gasteiger partial charge in [0.15, 0.2) is 11.5 Å². The molecule has 3 rings (SSSR count). The van der Waals surface area contributed by atoms with Crippen molar-refractivity contribution in [3.05, 3.63) is 93.5 Å². The number of ether oxygens (including phenoxy) is 2. The average Bonchev–Trinajstić information content (AvgIpc) is 2.81. The number of methoxy groups -OCH3 is 1. The van der Waals surface area contributed by atoms with Crippen LogP contribution in [0.3, 0.4) is 0 Å². The Balaban J connectivity index is 1.90. The molecular formula is C25H17ClN2O4. The highest BCUT2D eigenvalue weighted by atomic mass is 35.5.